The molecule has 1 aliphatic rings. The Morgan fingerprint density at radius 3 is 2.62 bits per heavy atom. The third-order valence-corrected chi connectivity index (χ3v) is 5.11. The highest BCUT2D eigenvalue weighted by Gasteiger charge is 2.55. The van der Waals surface area contributed by atoms with E-state index in [9.17, 15) is 8.42 Å². The summed E-state index contributed by atoms with van der Waals surface area (Å²) in [6.45, 7) is 4.49. The number of nitrogens with zero attached hydrogens (tertiary/aromatic N) is 1. The Morgan fingerprint density at radius 1 is 1.29 bits per heavy atom. The topological polar surface area (TPSA) is 46.5 Å². The Bertz CT molecular complexity index is 574. The first-order valence-electron chi connectivity index (χ1n) is 7.94. The molecule has 3 atom stereocenters. The SMILES string of the molecule is CCCC(C)CCCC1(N=S(=O)=O)CC1c1ccccc1. The van der Waals surface area contributed by atoms with Crippen molar-refractivity contribution < 1.29 is 8.42 Å². The van der Waals surface area contributed by atoms with E-state index in [0.29, 0.717) is 0 Å². The lowest BCUT2D eigenvalue weighted by molar-refractivity contribution is 0.437. The highest BCUT2D eigenvalue weighted by Crippen LogP contribution is 2.57. The maximum absolute atomic E-state index is 11.1. The van der Waals surface area contributed by atoms with Crippen molar-refractivity contribution in [2.24, 2.45) is 10.3 Å². The van der Waals surface area contributed by atoms with E-state index in [2.05, 4.69) is 30.3 Å². The van der Waals surface area contributed by atoms with E-state index in [1.165, 1.54) is 18.4 Å². The van der Waals surface area contributed by atoms with Gasteiger partial charge in [0.15, 0.2) is 0 Å². The second-order valence-corrected chi connectivity index (χ2v) is 6.98. The fourth-order valence-electron chi connectivity index (χ4n) is 3.37. The van der Waals surface area contributed by atoms with Crippen molar-refractivity contribution in [3.63, 3.8) is 0 Å². The summed E-state index contributed by atoms with van der Waals surface area (Å²) in [5.74, 6) is 0.997. The van der Waals surface area contributed by atoms with Crippen molar-refractivity contribution in [1.82, 2.24) is 0 Å². The first-order valence-corrected chi connectivity index (χ1v) is 8.98. The van der Waals surface area contributed by atoms with Gasteiger partial charge >= 0.3 is 10.5 Å². The summed E-state index contributed by atoms with van der Waals surface area (Å²) in [6.07, 6.45) is 6.44. The van der Waals surface area contributed by atoms with Gasteiger partial charge in [-0.15, -0.1) is 0 Å². The van der Waals surface area contributed by atoms with Crippen molar-refractivity contribution in [3.05, 3.63) is 35.9 Å². The second-order valence-electron chi connectivity index (χ2n) is 6.37. The fourth-order valence-corrected chi connectivity index (χ4v) is 3.96. The van der Waals surface area contributed by atoms with Crippen LogP contribution in [0.1, 0.15) is 63.9 Å². The molecule has 21 heavy (non-hydrogen) atoms. The third kappa shape index (κ3) is 4.40. The van der Waals surface area contributed by atoms with Crippen LogP contribution in [0.2, 0.25) is 0 Å². The summed E-state index contributed by atoms with van der Waals surface area (Å²) in [6, 6.07) is 10.2. The molecule has 0 aliphatic heterocycles. The summed E-state index contributed by atoms with van der Waals surface area (Å²) >= 11 is 0. The summed E-state index contributed by atoms with van der Waals surface area (Å²) < 4.78 is 26.2. The number of hydrogen-bond acceptors (Lipinski definition) is 3. The Morgan fingerprint density at radius 2 is 2.00 bits per heavy atom. The minimum atomic E-state index is -2.31. The maximum Gasteiger partial charge on any atom is 0.311 e. The van der Waals surface area contributed by atoms with E-state index >= 15 is 0 Å². The van der Waals surface area contributed by atoms with Gasteiger partial charge in [0.2, 0.25) is 0 Å². The molecule has 0 bridgehead atoms. The van der Waals surface area contributed by atoms with E-state index in [1.54, 1.807) is 0 Å². The van der Waals surface area contributed by atoms with Crippen LogP contribution in [-0.4, -0.2) is 14.0 Å². The quantitative estimate of drug-likeness (QED) is 0.705. The molecule has 2 rings (SSSR count). The summed E-state index contributed by atoms with van der Waals surface area (Å²) in [7, 11) is -2.31. The van der Waals surface area contributed by atoms with Crippen LogP contribution in [0.15, 0.2) is 34.7 Å². The number of rotatable bonds is 8. The Labute approximate surface area is 129 Å². The largest absolute Gasteiger partial charge is 0.311 e. The summed E-state index contributed by atoms with van der Waals surface area (Å²) in [5.41, 5.74) is 0.855. The molecule has 0 amide bonds. The molecule has 0 N–H and O–H groups in total. The molecule has 1 fully saturated rings. The number of benzene rings is 1. The molecule has 1 saturated carbocycles. The molecule has 3 nitrogen and oxygen atoms in total. The van der Waals surface area contributed by atoms with Gasteiger partial charge in [0, 0.05) is 5.92 Å². The predicted molar refractivity (Wildman–Crippen MR) is 85.8 cm³/mol. The average molecular weight is 307 g/mol. The van der Waals surface area contributed by atoms with Crippen LogP contribution in [0.4, 0.5) is 0 Å². The smallest absolute Gasteiger partial charge is 0.164 e. The van der Waals surface area contributed by atoms with Gasteiger partial charge in [-0.3, -0.25) is 0 Å². The molecule has 0 heterocycles. The summed E-state index contributed by atoms with van der Waals surface area (Å²) in [4.78, 5) is 0. The van der Waals surface area contributed by atoms with Gasteiger partial charge in [0.1, 0.15) is 0 Å². The summed E-state index contributed by atoms with van der Waals surface area (Å²) in [5, 5.41) is 0. The highest BCUT2D eigenvalue weighted by molar-refractivity contribution is 7.61. The van der Waals surface area contributed by atoms with E-state index in [-0.39, 0.29) is 11.5 Å². The Kier molecular flexibility index (Phi) is 5.57. The van der Waals surface area contributed by atoms with E-state index in [1.807, 2.05) is 18.2 Å². The first-order chi connectivity index (χ1) is 10.1. The zero-order chi connectivity index (χ0) is 15.3. The molecule has 0 spiro atoms. The lowest BCUT2D eigenvalue weighted by atomic mass is 9.95. The van der Waals surface area contributed by atoms with Crippen molar-refractivity contribution in [2.75, 3.05) is 0 Å². The molecule has 0 saturated heterocycles. The van der Waals surface area contributed by atoms with Crippen LogP contribution in [0, 0.1) is 5.92 Å². The van der Waals surface area contributed by atoms with Crippen LogP contribution in [-0.2, 0) is 10.5 Å². The first kappa shape index (κ1) is 16.2. The third-order valence-electron chi connectivity index (χ3n) is 4.59. The van der Waals surface area contributed by atoms with Crippen LogP contribution < -0.4 is 0 Å². The van der Waals surface area contributed by atoms with Gasteiger partial charge < -0.3 is 0 Å². The minimum Gasteiger partial charge on any atom is -0.164 e. The molecule has 1 aliphatic carbocycles. The molecule has 1 aromatic rings. The molecular formula is C17H25NO2S. The van der Waals surface area contributed by atoms with Gasteiger partial charge in [0.25, 0.3) is 0 Å². The van der Waals surface area contributed by atoms with Crippen LogP contribution in [0.25, 0.3) is 0 Å². The van der Waals surface area contributed by atoms with Crippen LogP contribution in [0.3, 0.4) is 0 Å². The zero-order valence-electron chi connectivity index (χ0n) is 13.0. The van der Waals surface area contributed by atoms with E-state index < -0.39 is 10.5 Å². The standard InChI is InChI=1S/C17H25NO2S/c1-3-8-14(2)9-7-12-17(18-21(19)20)13-16(17)15-10-5-4-6-11-15/h4-6,10-11,14,16H,3,7-9,12-13H2,1-2H3. The highest BCUT2D eigenvalue weighted by atomic mass is 32.2. The van der Waals surface area contributed by atoms with Gasteiger partial charge in [-0.05, 0) is 24.3 Å². The zero-order valence-corrected chi connectivity index (χ0v) is 13.8. The van der Waals surface area contributed by atoms with Gasteiger partial charge in [-0.1, -0.05) is 69.9 Å². The minimum absolute atomic E-state index is 0.276. The van der Waals surface area contributed by atoms with Gasteiger partial charge in [-0.2, -0.15) is 12.8 Å². The molecule has 1 aromatic carbocycles. The van der Waals surface area contributed by atoms with E-state index in [0.717, 1.165) is 31.6 Å². The Hall–Kier alpha value is -1.16. The van der Waals surface area contributed by atoms with E-state index in [4.69, 9.17) is 0 Å². The second kappa shape index (κ2) is 7.21. The molecule has 3 unspecified atom stereocenters. The van der Waals surface area contributed by atoms with Gasteiger partial charge in [-0.25, -0.2) is 0 Å². The fraction of sp³-hybridized carbons (Fsp3) is 0.647. The predicted octanol–water partition coefficient (Wildman–Crippen LogP) is 4.58. The van der Waals surface area contributed by atoms with Gasteiger partial charge in [0.05, 0.1) is 5.54 Å². The molecule has 0 radical (unpaired) electrons. The van der Waals surface area contributed by atoms with Crippen molar-refractivity contribution in [1.29, 1.82) is 0 Å². The molecule has 4 heteroatoms. The number of hydrogen-bond donors (Lipinski definition) is 0. The Balaban J connectivity index is 1.99. The average Bonchev–Trinajstić information content (AvgIpc) is 3.13. The molecule has 116 valence electrons. The van der Waals surface area contributed by atoms with Crippen molar-refractivity contribution in [2.45, 2.75) is 63.8 Å². The lowest BCUT2D eigenvalue weighted by Gasteiger charge is -2.13. The molecule has 0 aromatic heterocycles. The monoisotopic (exact) mass is 307 g/mol. The normalized spacial score (nSPS) is 25.3. The maximum atomic E-state index is 11.1. The van der Waals surface area contributed by atoms with Crippen LogP contribution in [0.5, 0.6) is 0 Å². The lowest BCUT2D eigenvalue weighted by Crippen LogP contribution is -2.09. The van der Waals surface area contributed by atoms with Crippen LogP contribution >= 0.6 is 0 Å². The van der Waals surface area contributed by atoms with Crippen molar-refractivity contribution >= 4 is 10.5 Å². The molecular weight excluding hydrogens is 282 g/mol. The van der Waals surface area contributed by atoms with Crippen molar-refractivity contribution in [3.8, 4) is 0 Å².